The molecule has 1 saturated carbocycles. The van der Waals surface area contributed by atoms with E-state index in [-0.39, 0.29) is 22.8 Å². The van der Waals surface area contributed by atoms with E-state index >= 15 is 0 Å². The molecule has 20 heavy (non-hydrogen) atoms. The van der Waals surface area contributed by atoms with Gasteiger partial charge >= 0.3 is 0 Å². The van der Waals surface area contributed by atoms with Gasteiger partial charge in [0, 0.05) is 11.7 Å². The van der Waals surface area contributed by atoms with Crippen molar-refractivity contribution in [2.24, 2.45) is 11.7 Å². The van der Waals surface area contributed by atoms with Gasteiger partial charge < -0.3 is 11.1 Å². The first-order valence-electron chi connectivity index (χ1n) is 6.51. The molecular weight excluding hydrogens is 280 g/mol. The van der Waals surface area contributed by atoms with E-state index in [9.17, 15) is 13.2 Å². The Bertz CT molecular complexity index is 583. The van der Waals surface area contributed by atoms with E-state index in [4.69, 9.17) is 10.3 Å². The summed E-state index contributed by atoms with van der Waals surface area (Å²) in [5, 5.41) is 3.21. The summed E-state index contributed by atoms with van der Waals surface area (Å²) >= 11 is 0. The van der Waals surface area contributed by atoms with Crippen LogP contribution in [0, 0.1) is 5.92 Å². The molecule has 0 aliphatic heterocycles. The van der Waals surface area contributed by atoms with Crippen molar-refractivity contribution in [3.8, 4) is 0 Å². The van der Waals surface area contributed by atoms with E-state index in [1.165, 1.54) is 12.1 Å². The number of carbonyl (C=O) groups excluding carboxylic acids is 1. The summed E-state index contributed by atoms with van der Waals surface area (Å²) in [5.74, 6) is -0.512. The molecule has 1 amide bonds. The third kappa shape index (κ3) is 3.49. The van der Waals surface area contributed by atoms with Gasteiger partial charge in [-0.1, -0.05) is 12.8 Å². The van der Waals surface area contributed by atoms with Gasteiger partial charge in [-0.15, -0.1) is 0 Å². The number of nitrogens with two attached hydrogens (primary N) is 1. The number of anilines is 1. The Morgan fingerprint density at radius 2 is 1.80 bits per heavy atom. The van der Waals surface area contributed by atoms with Crippen molar-refractivity contribution in [1.29, 1.82) is 0 Å². The first-order chi connectivity index (χ1) is 9.38. The first-order valence-corrected chi connectivity index (χ1v) is 7.95. The van der Waals surface area contributed by atoms with E-state index in [1.54, 1.807) is 12.1 Å². The Labute approximate surface area is 118 Å². The van der Waals surface area contributed by atoms with Gasteiger partial charge in [0.2, 0.25) is 5.91 Å². The molecule has 1 fully saturated rings. The highest BCUT2D eigenvalue weighted by Crippen LogP contribution is 2.27. The minimum absolute atomic E-state index is 0.0298. The molecular formula is C13H18N2O4S. The van der Waals surface area contributed by atoms with E-state index < -0.39 is 10.1 Å². The quantitative estimate of drug-likeness (QED) is 0.728. The molecule has 1 aliphatic rings. The van der Waals surface area contributed by atoms with E-state index in [0.717, 1.165) is 25.7 Å². The molecule has 0 heterocycles. The van der Waals surface area contributed by atoms with Crippen molar-refractivity contribution >= 4 is 21.7 Å². The maximum absolute atomic E-state index is 11.4. The summed E-state index contributed by atoms with van der Waals surface area (Å²) in [7, 11) is -4.18. The number of amides is 1. The molecule has 4 N–H and O–H groups in total. The van der Waals surface area contributed by atoms with Gasteiger partial charge in [-0.25, -0.2) is 0 Å². The van der Waals surface area contributed by atoms with E-state index in [1.807, 2.05) is 0 Å². The zero-order chi connectivity index (χ0) is 14.8. The fourth-order valence-electron chi connectivity index (χ4n) is 2.58. The number of benzene rings is 1. The van der Waals surface area contributed by atoms with Gasteiger partial charge in [0.1, 0.15) is 0 Å². The average Bonchev–Trinajstić information content (AvgIpc) is 2.38. The number of carbonyl (C=O) groups is 1. The lowest BCUT2D eigenvalue weighted by atomic mass is 9.84. The largest absolute Gasteiger partial charge is 0.382 e. The molecule has 6 nitrogen and oxygen atoms in total. The number of nitrogens with one attached hydrogen (secondary N) is 1. The lowest BCUT2D eigenvalue weighted by molar-refractivity contribution is -0.122. The minimum atomic E-state index is -4.18. The number of primary amides is 1. The predicted molar refractivity (Wildman–Crippen MR) is 74.8 cm³/mol. The summed E-state index contributed by atoms with van der Waals surface area (Å²) in [4.78, 5) is 11.3. The van der Waals surface area contributed by atoms with Gasteiger partial charge in [0.05, 0.1) is 10.8 Å². The highest BCUT2D eigenvalue weighted by molar-refractivity contribution is 7.85. The van der Waals surface area contributed by atoms with Crippen molar-refractivity contribution in [3.05, 3.63) is 24.3 Å². The molecule has 0 bridgehead atoms. The van der Waals surface area contributed by atoms with Crippen molar-refractivity contribution in [1.82, 2.24) is 0 Å². The van der Waals surface area contributed by atoms with Crippen LogP contribution in [-0.2, 0) is 14.9 Å². The smallest absolute Gasteiger partial charge is 0.294 e. The fraction of sp³-hybridized carbons (Fsp3) is 0.462. The molecule has 7 heteroatoms. The molecule has 2 unspecified atom stereocenters. The van der Waals surface area contributed by atoms with Gasteiger partial charge in [-0.05, 0) is 37.1 Å². The third-order valence-corrected chi connectivity index (χ3v) is 4.50. The van der Waals surface area contributed by atoms with Crippen molar-refractivity contribution in [2.75, 3.05) is 5.32 Å². The van der Waals surface area contributed by atoms with Crippen LogP contribution in [0.5, 0.6) is 0 Å². The Morgan fingerprint density at radius 3 is 2.35 bits per heavy atom. The second kappa shape index (κ2) is 5.80. The van der Waals surface area contributed by atoms with E-state index in [0.29, 0.717) is 5.69 Å². The number of hydrogen-bond acceptors (Lipinski definition) is 4. The molecule has 0 spiro atoms. The molecule has 1 aromatic carbocycles. The molecule has 2 atom stereocenters. The first kappa shape index (κ1) is 14.8. The third-order valence-electron chi connectivity index (χ3n) is 3.64. The molecule has 0 radical (unpaired) electrons. The predicted octanol–water partition coefficient (Wildman–Crippen LogP) is 1.39. The summed E-state index contributed by atoms with van der Waals surface area (Å²) in [6.45, 7) is 0. The average molecular weight is 298 g/mol. The Kier molecular flexibility index (Phi) is 4.29. The highest BCUT2D eigenvalue weighted by Gasteiger charge is 2.29. The topological polar surface area (TPSA) is 109 Å². The summed E-state index contributed by atoms with van der Waals surface area (Å²) < 4.78 is 30.8. The van der Waals surface area contributed by atoms with Crippen molar-refractivity contribution < 1.29 is 17.8 Å². The second-order valence-electron chi connectivity index (χ2n) is 5.04. The lowest BCUT2D eigenvalue weighted by Gasteiger charge is -2.30. The van der Waals surface area contributed by atoms with Gasteiger partial charge in [-0.3, -0.25) is 9.35 Å². The van der Waals surface area contributed by atoms with Crippen LogP contribution in [0.25, 0.3) is 0 Å². The SMILES string of the molecule is NC(=O)C1CCCCC1Nc1ccc(S(=O)(=O)O)cc1. The molecule has 1 aromatic rings. The lowest BCUT2D eigenvalue weighted by Crippen LogP contribution is -2.40. The van der Waals surface area contributed by atoms with E-state index in [2.05, 4.69) is 5.32 Å². The summed E-state index contributed by atoms with van der Waals surface area (Å²) in [6, 6.07) is 5.74. The van der Waals surface area contributed by atoms with Crippen LogP contribution in [0.3, 0.4) is 0 Å². The standard InChI is InChI=1S/C13H18N2O4S/c14-13(16)11-3-1-2-4-12(11)15-9-5-7-10(8-6-9)20(17,18)19/h5-8,11-12,15H,1-4H2,(H2,14,16)(H,17,18,19). The normalized spacial score (nSPS) is 23.2. The van der Waals surface area contributed by atoms with Gasteiger partial charge in [0.15, 0.2) is 0 Å². The maximum Gasteiger partial charge on any atom is 0.294 e. The van der Waals surface area contributed by atoms with Crippen molar-refractivity contribution in [3.63, 3.8) is 0 Å². The maximum atomic E-state index is 11.4. The number of rotatable bonds is 4. The fourth-order valence-corrected chi connectivity index (χ4v) is 3.06. The van der Waals surface area contributed by atoms with Crippen LogP contribution in [0.4, 0.5) is 5.69 Å². The monoisotopic (exact) mass is 298 g/mol. The van der Waals surface area contributed by atoms with Crippen LogP contribution < -0.4 is 11.1 Å². The van der Waals surface area contributed by atoms with Gasteiger partial charge in [-0.2, -0.15) is 8.42 Å². The van der Waals surface area contributed by atoms with Crippen LogP contribution >= 0.6 is 0 Å². The van der Waals surface area contributed by atoms with Crippen LogP contribution in [0.15, 0.2) is 29.2 Å². The van der Waals surface area contributed by atoms with Crippen molar-refractivity contribution in [2.45, 2.75) is 36.6 Å². The molecule has 0 saturated heterocycles. The number of hydrogen-bond donors (Lipinski definition) is 3. The molecule has 2 rings (SSSR count). The second-order valence-corrected chi connectivity index (χ2v) is 6.47. The Balaban J connectivity index is 2.11. The molecule has 0 aromatic heterocycles. The minimum Gasteiger partial charge on any atom is -0.382 e. The van der Waals surface area contributed by atoms with Crippen LogP contribution in [0.1, 0.15) is 25.7 Å². The summed E-state index contributed by atoms with van der Waals surface area (Å²) in [5.41, 5.74) is 6.11. The Hall–Kier alpha value is -1.60. The zero-order valence-electron chi connectivity index (χ0n) is 11.0. The Morgan fingerprint density at radius 1 is 1.20 bits per heavy atom. The van der Waals surface area contributed by atoms with Crippen LogP contribution in [-0.4, -0.2) is 24.9 Å². The zero-order valence-corrected chi connectivity index (χ0v) is 11.8. The van der Waals surface area contributed by atoms with Crippen LogP contribution in [0.2, 0.25) is 0 Å². The van der Waals surface area contributed by atoms with Gasteiger partial charge in [0.25, 0.3) is 10.1 Å². The highest BCUT2D eigenvalue weighted by atomic mass is 32.2. The molecule has 1 aliphatic carbocycles. The molecule has 110 valence electrons. The summed E-state index contributed by atoms with van der Waals surface area (Å²) in [6.07, 6.45) is 3.65.